The van der Waals surface area contributed by atoms with Gasteiger partial charge in [-0.05, 0) is 25.2 Å². The fourth-order valence-corrected chi connectivity index (χ4v) is 2.31. The molecule has 0 spiro atoms. The third-order valence-corrected chi connectivity index (χ3v) is 3.53. The molecule has 1 aliphatic heterocycles. The van der Waals surface area contributed by atoms with Crippen LogP contribution in [0.1, 0.15) is 12.8 Å². The summed E-state index contributed by atoms with van der Waals surface area (Å²) in [7, 11) is 0. The zero-order chi connectivity index (χ0) is 12.3. The van der Waals surface area contributed by atoms with Gasteiger partial charge in [0.1, 0.15) is 5.82 Å². The number of rotatable bonds is 3. The number of thioether (sulfide) groups is 1. The molecule has 1 aromatic heterocycles. The first-order valence-electron chi connectivity index (χ1n) is 5.55. The maximum absolute atomic E-state index is 10.9. The van der Waals surface area contributed by atoms with Crippen LogP contribution in [0.5, 0.6) is 0 Å². The van der Waals surface area contributed by atoms with Crippen molar-refractivity contribution in [3.8, 4) is 0 Å². The second-order valence-corrected chi connectivity index (χ2v) is 4.77. The van der Waals surface area contributed by atoms with E-state index >= 15 is 0 Å². The van der Waals surface area contributed by atoms with Gasteiger partial charge in [0.05, 0.1) is 5.92 Å². The van der Waals surface area contributed by atoms with Crippen molar-refractivity contribution in [2.24, 2.45) is 5.92 Å². The van der Waals surface area contributed by atoms with Gasteiger partial charge in [0.25, 0.3) is 0 Å². The maximum atomic E-state index is 10.9. The van der Waals surface area contributed by atoms with Gasteiger partial charge < -0.3 is 10.0 Å². The molecule has 0 aromatic carbocycles. The molecule has 0 aliphatic carbocycles. The summed E-state index contributed by atoms with van der Waals surface area (Å²) in [6, 6.07) is 1.88. The van der Waals surface area contributed by atoms with Gasteiger partial charge in [-0.15, -0.1) is 0 Å². The van der Waals surface area contributed by atoms with Crippen LogP contribution in [0, 0.1) is 5.92 Å². The van der Waals surface area contributed by atoms with Crippen molar-refractivity contribution in [1.82, 2.24) is 9.97 Å². The molecule has 92 valence electrons. The number of carboxylic acids is 1. The van der Waals surface area contributed by atoms with Crippen LogP contribution in [0.2, 0.25) is 0 Å². The quantitative estimate of drug-likeness (QED) is 0.650. The van der Waals surface area contributed by atoms with Crippen molar-refractivity contribution in [2.45, 2.75) is 18.0 Å². The van der Waals surface area contributed by atoms with Gasteiger partial charge in [-0.25, -0.2) is 9.97 Å². The SMILES string of the molecule is CSc1nccc(N2CCC(C(=O)O)CC2)n1. The second kappa shape index (κ2) is 5.35. The largest absolute Gasteiger partial charge is 0.481 e. The Morgan fingerprint density at radius 1 is 1.53 bits per heavy atom. The minimum Gasteiger partial charge on any atom is -0.481 e. The summed E-state index contributed by atoms with van der Waals surface area (Å²) in [5, 5.41) is 9.68. The van der Waals surface area contributed by atoms with E-state index in [4.69, 9.17) is 5.11 Å². The predicted molar refractivity (Wildman–Crippen MR) is 66.4 cm³/mol. The van der Waals surface area contributed by atoms with Crippen LogP contribution in [-0.2, 0) is 4.79 Å². The standard InChI is InChI=1S/C11H15N3O2S/c1-17-11-12-5-2-9(13-11)14-6-3-8(4-7-14)10(15)16/h2,5,8H,3-4,6-7H2,1H3,(H,15,16). The summed E-state index contributed by atoms with van der Waals surface area (Å²) in [4.78, 5) is 21.5. The summed E-state index contributed by atoms with van der Waals surface area (Å²) in [6.07, 6.45) is 5.06. The van der Waals surface area contributed by atoms with E-state index in [1.54, 1.807) is 6.20 Å². The molecule has 1 aromatic rings. The van der Waals surface area contributed by atoms with Gasteiger partial charge in [0.15, 0.2) is 5.16 Å². The summed E-state index contributed by atoms with van der Waals surface area (Å²) < 4.78 is 0. The van der Waals surface area contributed by atoms with Crippen molar-refractivity contribution in [3.63, 3.8) is 0 Å². The minimum atomic E-state index is -0.683. The van der Waals surface area contributed by atoms with Gasteiger partial charge >= 0.3 is 5.97 Å². The molecule has 0 amide bonds. The van der Waals surface area contributed by atoms with Crippen molar-refractivity contribution in [2.75, 3.05) is 24.2 Å². The predicted octanol–water partition coefficient (Wildman–Crippen LogP) is 1.50. The van der Waals surface area contributed by atoms with E-state index < -0.39 is 5.97 Å². The molecule has 5 nitrogen and oxygen atoms in total. The third kappa shape index (κ3) is 2.88. The number of piperidine rings is 1. The van der Waals surface area contributed by atoms with Crippen molar-refractivity contribution in [3.05, 3.63) is 12.3 Å². The number of hydrogen-bond donors (Lipinski definition) is 1. The Morgan fingerprint density at radius 2 is 2.24 bits per heavy atom. The fourth-order valence-electron chi connectivity index (χ4n) is 1.96. The first-order valence-corrected chi connectivity index (χ1v) is 6.78. The molecule has 0 atom stereocenters. The molecule has 1 fully saturated rings. The molecule has 0 saturated carbocycles. The first kappa shape index (κ1) is 12.2. The van der Waals surface area contributed by atoms with Crippen LogP contribution in [0.4, 0.5) is 5.82 Å². The van der Waals surface area contributed by atoms with Gasteiger partial charge in [-0.1, -0.05) is 11.8 Å². The van der Waals surface area contributed by atoms with Crippen LogP contribution in [0.25, 0.3) is 0 Å². The second-order valence-electron chi connectivity index (χ2n) is 4.00. The zero-order valence-corrected chi connectivity index (χ0v) is 10.5. The van der Waals surface area contributed by atoms with Crippen LogP contribution in [-0.4, -0.2) is 40.4 Å². The highest BCUT2D eigenvalue weighted by molar-refractivity contribution is 7.98. The highest BCUT2D eigenvalue weighted by atomic mass is 32.2. The zero-order valence-electron chi connectivity index (χ0n) is 9.67. The van der Waals surface area contributed by atoms with Crippen LogP contribution < -0.4 is 4.90 Å². The molecular weight excluding hydrogens is 238 g/mol. The van der Waals surface area contributed by atoms with Gasteiger partial charge in [0, 0.05) is 19.3 Å². The van der Waals surface area contributed by atoms with E-state index in [0.717, 1.165) is 24.1 Å². The summed E-state index contributed by atoms with van der Waals surface area (Å²) in [5.41, 5.74) is 0. The number of anilines is 1. The number of aromatic nitrogens is 2. The summed E-state index contributed by atoms with van der Waals surface area (Å²) in [5.74, 6) is 0.0124. The van der Waals surface area contributed by atoms with E-state index in [0.29, 0.717) is 12.8 Å². The first-order chi connectivity index (χ1) is 8.20. The summed E-state index contributed by atoms with van der Waals surface area (Å²) in [6.45, 7) is 1.50. The fraction of sp³-hybridized carbons (Fsp3) is 0.545. The molecule has 0 bridgehead atoms. The molecular formula is C11H15N3O2S. The Morgan fingerprint density at radius 3 is 2.82 bits per heavy atom. The molecule has 6 heteroatoms. The number of hydrogen-bond acceptors (Lipinski definition) is 5. The lowest BCUT2D eigenvalue weighted by molar-refractivity contribution is -0.142. The van der Waals surface area contributed by atoms with E-state index in [9.17, 15) is 4.79 Å². The highest BCUT2D eigenvalue weighted by Gasteiger charge is 2.25. The van der Waals surface area contributed by atoms with Crippen LogP contribution >= 0.6 is 11.8 Å². The maximum Gasteiger partial charge on any atom is 0.306 e. The van der Waals surface area contributed by atoms with Gasteiger partial charge in [0.2, 0.25) is 0 Å². The van der Waals surface area contributed by atoms with Crippen LogP contribution in [0.15, 0.2) is 17.4 Å². The lowest BCUT2D eigenvalue weighted by Crippen LogP contribution is -2.36. The van der Waals surface area contributed by atoms with Crippen molar-refractivity contribution < 1.29 is 9.90 Å². The van der Waals surface area contributed by atoms with Gasteiger partial charge in [-0.3, -0.25) is 4.79 Å². The van der Waals surface area contributed by atoms with E-state index in [1.807, 2.05) is 12.3 Å². The molecule has 17 heavy (non-hydrogen) atoms. The number of nitrogens with zero attached hydrogens (tertiary/aromatic N) is 3. The molecule has 2 rings (SSSR count). The molecule has 1 N–H and O–H groups in total. The Labute approximate surface area is 104 Å². The normalized spacial score (nSPS) is 17.1. The number of carbonyl (C=O) groups is 1. The molecule has 2 heterocycles. The lowest BCUT2D eigenvalue weighted by Gasteiger charge is -2.30. The Balaban J connectivity index is 2.02. The third-order valence-electron chi connectivity index (χ3n) is 2.97. The highest BCUT2D eigenvalue weighted by Crippen LogP contribution is 2.22. The topological polar surface area (TPSA) is 66.3 Å². The van der Waals surface area contributed by atoms with E-state index in [-0.39, 0.29) is 5.92 Å². The Kier molecular flexibility index (Phi) is 3.83. The number of aliphatic carboxylic acids is 1. The van der Waals surface area contributed by atoms with Crippen molar-refractivity contribution in [1.29, 1.82) is 0 Å². The average Bonchev–Trinajstić information content (AvgIpc) is 2.39. The molecule has 1 aliphatic rings. The van der Waals surface area contributed by atoms with Gasteiger partial charge in [-0.2, -0.15) is 0 Å². The van der Waals surface area contributed by atoms with Crippen molar-refractivity contribution >= 4 is 23.5 Å². The number of carboxylic acid groups (broad SMARTS) is 1. The van der Waals surface area contributed by atoms with Crippen LogP contribution in [0.3, 0.4) is 0 Å². The van der Waals surface area contributed by atoms with E-state index in [2.05, 4.69) is 14.9 Å². The smallest absolute Gasteiger partial charge is 0.306 e. The van der Waals surface area contributed by atoms with E-state index in [1.165, 1.54) is 11.8 Å². The summed E-state index contributed by atoms with van der Waals surface area (Å²) >= 11 is 1.51. The minimum absolute atomic E-state index is 0.201. The Bertz CT molecular complexity index is 405. The molecule has 1 saturated heterocycles. The molecule has 0 unspecified atom stereocenters. The monoisotopic (exact) mass is 253 g/mol. The Hall–Kier alpha value is -1.30. The molecule has 0 radical (unpaired) electrons. The average molecular weight is 253 g/mol. The lowest BCUT2D eigenvalue weighted by atomic mass is 9.97.